The lowest BCUT2D eigenvalue weighted by Gasteiger charge is -2.37. The number of rotatable bonds is 4. The van der Waals surface area contributed by atoms with Gasteiger partial charge in [0.15, 0.2) is 0 Å². The minimum atomic E-state index is -3.38. The maximum absolute atomic E-state index is 12.4. The lowest BCUT2D eigenvalue weighted by Crippen LogP contribution is -2.53. The van der Waals surface area contributed by atoms with Crippen LogP contribution in [0.25, 0.3) is 0 Å². The van der Waals surface area contributed by atoms with Crippen LogP contribution in [-0.4, -0.2) is 68.6 Å². The van der Waals surface area contributed by atoms with Crippen molar-refractivity contribution < 1.29 is 13.5 Å². The van der Waals surface area contributed by atoms with Gasteiger partial charge in [0.25, 0.3) is 10.2 Å². The summed E-state index contributed by atoms with van der Waals surface area (Å²) in [5.41, 5.74) is 0. The Morgan fingerprint density at radius 1 is 1.20 bits per heavy atom. The number of hydrogen-bond donors (Lipinski definition) is 2. The molecule has 0 bridgehead atoms. The standard InChI is InChI=1S/C13H27N3O3S/c1-11-9-15(2)6-5-13(11)14-20(18,19)16-7-3-12(10-17)4-8-16/h11-14,17H,3-10H2,1-2H3. The molecule has 2 atom stereocenters. The fourth-order valence-electron chi connectivity index (χ4n) is 3.13. The summed E-state index contributed by atoms with van der Waals surface area (Å²) in [6.07, 6.45) is 2.37. The smallest absolute Gasteiger partial charge is 0.279 e. The van der Waals surface area contributed by atoms with Gasteiger partial charge in [-0.3, -0.25) is 0 Å². The molecule has 0 saturated carbocycles. The molecule has 2 fully saturated rings. The summed E-state index contributed by atoms with van der Waals surface area (Å²) in [5, 5.41) is 9.11. The second-order valence-corrected chi connectivity index (χ2v) is 7.98. The number of nitrogens with one attached hydrogen (secondary N) is 1. The molecule has 7 heteroatoms. The van der Waals surface area contributed by atoms with E-state index < -0.39 is 10.2 Å². The van der Waals surface area contributed by atoms with Gasteiger partial charge in [-0.25, -0.2) is 0 Å². The van der Waals surface area contributed by atoms with E-state index in [1.165, 1.54) is 4.31 Å². The molecule has 2 aliphatic rings. The molecular formula is C13H27N3O3S. The highest BCUT2D eigenvalue weighted by molar-refractivity contribution is 7.87. The molecule has 2 N–H and O–H groups in total. The van der Waals surface area contributed by atoms with Gasteiger partial charge in [0.1, 0.15) is 0 Å². The Morgan fingerprint density at radius 3 is 2.40 bits per heavy atom. The van der Waals surface area contributed by atoms with Crippen LogP contribution < -0.4 is 4.72 Å². The van der Waals surface area contributed by atoms with Crippen molar-refractivity contribution in [2.24, 2.45) is 11.8 Å². The first-order chi connectivity index (χ1) is 9.42. The van der Waals surface area contributed by atoms with E-state index in [-0.39, 0.29) is 18.6 Å². The number of hydrogen-bond acceptors (Lipinski definition) is 4. The zero-order chi connectivity index (χ0) is 14.8. The third-order valence-corrected chi connectivity index (χ3v) is 6.23. The SMILES string of the molecule is CC1CN(C)CCC1NS(=O)(=O)N1CCC(CO)CC1. The molecule has 0 aliphatic carbocycles. The average Bonchev–Trinajstić information content (AvgIpc) is 2.42. The summed E-state index contributed by atoms with van der Waals surface area (Å²) in [4.78, 5) is 2.24. The third-order valence-electron chi connectivity index (χ3n) is 4.58. The van der Waals surface area contributed by atoms with E-state index in [9.17, 15) is 8.42 Å². The molecule has 0 aromatic heterocycles. The van der Waals surface area contributed by atoms with Crippen molar-refractivity contribution in [2.45, 2.75) is 32.2 Å². The molecule has 0 amide bonds. The molecule has 2 heterocycles. The molecule has 0 aromatic rings. The van der Waals surface area contributed by atoms with Gasteiger partial charge in [-0.05, 0) is 44.7 Å². The summed E-state index contributed by atoms with van der Waals surface area (Å²) >= 11 is 0. The number of aliphatic hydroxyl groups excluding tert-OH is 1. The highest BCUT2D eigenvalue weighted by atomic mass is 32.2. The summed E-state index contributed by atoms with van der Waals surface area (Å²) in [5.74, 6) is 0.585. The topological polar surface area (TPSA) is 72.9 Å². The van der Waals surface area contributed by atoms with Crippen molar-refractivity contribution in [1.82, 2.24) is 13.9 Å². The van der Waals surface area contributed by atoms with Crippen molar-refractivity contribution in [2.75, 3.05) is 39.8 Å². The zero-order valence-corrected chi connectivity index (χ0v) is 13.3. The van der Waals surface area contributed by atoms with Crippen molar-refractivity contribution in [1.29, 1.82) is 0 Å². The first kappa shape index (κ1) is 16.2. The minimum Gasteiger partial charge on any atom is -0.396 e. The molecule has 2 saturated heterocycles. The summed E-state index contributed by atoms with van der Waals surface area (Å²) in [6, 6.07) is 0.0340. The predicted octanol–water partition coefficient (Wildman–Crippen LogP) is -0.135. The Morgan fingerprint density at radius 2 is 1.85 bits per heavy atom. The van der Waals surface area contributed by atoms with E-state index in [2.05, 4.69) is 23.6 Å². The fraction of sp³-hybridized carbons (Fsp3) is 1.00. The van der Waals surface area contributed by atoms with E-state index in [1.807, 2.05) is 0 Å². The van der Waals surface area contributed by atoms with Crippen LogP contribution in [0.4, 0.5) is 0 Å². The highest BCUT2D eigenvalue weighted by Gasteiger charge is 2.32. The van der Waals surface area contributed by atoms with E-state index in [4.69, 9.17) is 5.11 Å². The van der Waals surface area contributed by atoms with Gasteiger partial charge in [0.2, 0.25) is 0 Å². The van der Waals surface area contributed by atoms with Crippen molar-refractivity contribution in [3.8, 4) is 0 Å². The summed E-state index contributed by atoms with van der Waals surface area (Å²) in [7, 11) is -1.31. The summed E-state index contributed by atoms with van der Waals surface area (Å²) < 4.78 is 29.2. The minimum absolute atomic E-state index is 0.0340. The summed E-state index contributed by atoms with van der Waals surface area (Å²) in [6.45, 7) is 5.15. The molecule has 118 valence electrons. The Hall–Kier alpha value is -0.210. The molecule has 0 spiro atoms. The van der Waals surface area contributed by atoms with E-state index in [0.717, 1.165) is 32.4 Å². The molecule has 2 rings (SSSR count). The van der Waals surface area contributed by atoms with Gasteiger partial charge in [-0.15, -0.1) is 0 Å². The average molecular weight is 305 g/mol. The van der Waals surface area contributed by atoms with Crippen LogP contribution in [0.5, 0.6) is 0 Å². The largest absolute Gasteiger partial charge is 0.396 e. The first-order valence-corrected chi connectivity index (χ1v) is 8.93. The molecule has 6 nitrogen and oxygen atoms in total. The molecule has 0 aromatic carbocycles. The lowest BCUT2D eigenvalue weighted by molar-refractivity contribution is 0.165. The normalized spacial score (nSPS) is 31.6. The molecule has 2 aliphatic heterocycles. The Bertz CT molecular complexity index is 407. The second-order valence-electron chi connectivity index (χ2n) is 6.28. The van der Waals surface area contributed by atoms with Gasteiger partial charge in [0, 0.05) is 32.3 Å². The van der Waals surface area contributed by atoms with Crippen molar-refractivity contribution in [3.63, 3.8) is 0 Å². The molecule has 2 unspecified atom stereocenters. The first-order valence-electron chi connectivity index (χ1n) is 7.49. The van der Waals surface area contributed by atoms with Crippen LogP contribution in [-0.2, 0) is 10.2 Å². The fourth-order valence-corrected chi connectivity index (χ4v) is 4.70. The van der Waals surface area contributed by atoms with Crippen LogP contribution >= 0.6 is 0 Å². The van der Waals surface area contributed by atoms with Gasteiger partial charge in [-0.1, -0.05) is 6.92 Å². The van der Waals surface area contributed by atoms with Crippen LogP contribution in [0, 0.1) is 11.8 Å². The maximum atomic E-state index is 12.4. The maximum Gasteiger partial charge on any atom is 0.279 e. The van der Waals surface area contributed by atoms with Crippen molar-refractivity contribution >= 4 is 10.2 Å². The highest BCUT2D eigenvalue weighted by Crippen LogP contribution is 2.21. The zero-order valence-electron chi connectivity index (χ0n) is 12.5. The second kappa shape index (κ2) is 6.70. The van der Waals surface area contributed by atoms with E-state index in [1.54, 1.807) is 0 Å². The molecule has 20 heavy (non-hydrogen) atoms. The number of piperidine rings is 2. The van der Waals surface area contributed by atoms with Gasteiger partial charge < -0.3 is 10.0 Å². The van der Waals surface area contributed by atoms with Crippen LogP contribution in [0.1, 0.15) is 26.2 Å². The van der Waals surface area contributed by atoms with Crippen LogP contribution in [0.3, 0.4) is 0 Å². The predicted molar refractivity (Wildman–Crippen MR) is 78.5 cm³/mol. The Labute approximate surface area is 122 Å². The van der Waals surface area contributed by atoms with E-state index in [0.29, 0.717) is 19.0 Å². The van der Waals surface area contributed by atoms with E-state index >= 15 is 0 Å². The Kier molecular flexibility index (Phi) is 5.42. The van der Waals surface area contributed by atoms with Gasteiger partial charge in [-0.2, -0.15) is 17.4 Å². The lowest BCUT2D eigenvalue weighted by atomic mass is 9.95. The number of aliphatic hydroxyl groups is 1. The van der Waals surface area contributed by atoms with Gasteiger partial charge in [0.05, 0.1) is 0 Å². The Balaban J connectivity index is 1.91. The third kappa shape index (κ3) is 3.92. The van der Waals surface area contributed by atoms with Crippen LogP contribution in [0.15, 0.2) is 0 Å². The van der Waals surface area contributed by atoms with Crippen molar-refractivity contribution in [3.05, 3.63) is 0 Å². The number of nitrogens with zero attached hydrogens (tertiary/aromatic N) is 2. The van der Waals surface area contributed by atoms with Gasteiger partial charge >= 0.3 is 0 Å². The molecule has 0 radical (unpaired) electrons. The van der Waals surface area contributed by atoms with Crippen LogP contribution in [0.2, 0.25) is 0 Å². The monoisotopic (exact) mass is 305 g/mol. The quantitative estimate of drug-likeness (QED) is 0.759. The number of likely N-dealkylation sites (tertiary alicyclic amines) is 1. The molecular weight excluding hydrogens is 278 g/mol.